The van der Waals surface area contributed by atoms with Crippen molar-refractivity contribution in [1.82, 2.24) is 5.43 Å². The van der Waals surface area contributed by atoms with Crippen LogP contribution in [-0.4, -0.2) is 38.1 Å². The SMILES string of the molecule is COC(=O)[C@@H](C)Oc1c(Br)cc(/C=C2/C(=O)NN(c3ccccc3)C2=O)cc1OC. The molecule has 1 saturated heterocycles. The summed E-state index contributed by atoms with van der Waals surface area (Å²) in [4.78, 5) is 36.8. The second kappa shape index (κ2) is 9.00. The van der Waals surface area contributed by atoms with E-state index in [1.165, 1.54) is 25.3 Å². The van der Waals surface area contributed by atoms with Gasteiger partial charge in [-0.25, -0.2) is 9.80 Å². The Hall–Kier alpha value is -3.33. The van der Waals surface area contributed by atoms with E-state index in [-0.39, 0.29) is 5.57 Å². The maximum absolute atomic E-state index is 12.7. The molecule has 1 aliphatic heterocycles. The number of ether oxygens (including phenoxy) is 3. The van der Waals surface area contributed by atoms with Crippen molar-refractivity contribution in [2.45, 2.75) is 13.0 Å². The molecule has 1 aliphatic rings. The van der Waals surface area contributed by atoms with Gasteiger partial charge in [-0.05, 0) is 58.8 Å². The number of nitrogens with one attached hydrogen (secondary N) is 1. The van der Waals surface area contributed by atoms with Crippen molar-refractivity contribution in [2.75, 3.05) is 19.2 Å². The summed E-state index contributed by atoms with van der Waals surface area (Å²) in [5.74, 6) is -0.910. The molecule has 1 N–H and O–H groups in total. The predicted molar refractivity (Wildman–Crippen MR) is 113 cm³/mol. The normalized spacial score (nSPS) is 15.7. The van der Waals surface area contributed by atoms with Crippen molar-refractivity contribution in [1.29, 1.82) is 0 Å². The Balaban J connectivity index is 1.92. The zero-order chi connectivity index (χ0) is 21.8. The molecule has 2 amide bonds. The number of amides is 2. The van der Waals surface area contributed by atoms with Gasteiger partial charge in [0.1, 0.15) is 5.57 Å². The van der Waals surface area contributed by atoms with Crippen LogP contribution < -0.4 is 19.9 Å². The number of benzene rings is 2. The van der Waals surface area contributed by atoms with Gasteiger partial charge in [-0.3, -0.25) is 15.0 Å². The fraction of sp³-hybridized carbons (Fsp3) is 0.190. The summed E-state index contributed by atoms with van der Waals surface area (Å²) in [6.45, 7) is 1.55. The molecule has 0 aromatic heterocycles. The molecule has 1 fully saturated rings. The average Bonchev–Trinajstić information content (AvgIpc) is 3.03. The van der Waals surface area contributed by atoms with Gasteiger partial charge in [0.25, 0.3) is 11.8 Å². The first-order valence-corrected chi connectivity index (χ1v) is 9.69. The standard InChI is InChI=1S/C21H19BrN2O6/c1-12(21(27)29-3)30-18-16(22)10-13(11-17(18)28-2)9-15-19(25)23-24(20(15)26)14-7-5-4-6-8-14/h4-12H,1-3H3,(H,23,25)/b15-9-/t12-/m1/s1. The molecular weight excluding hydrogens is 456 g/mol. The van der Waals surface area contributed by atoms with E-state index in [1.807, 2.05) is 6.07 Å². The fourth-order valence-electron chi connectivity index (χ4n) is 2.81. The van der Waals surface area contributed by atoms with Gasteiger partial charge in [-0.2, -0.15) is 0 Å². The van der Waals surface area contributed by atoms with Gasteiger partial charge in [-0.1, -0.05) is 18.2 Å². The lowest BCUT2D eigenvalue weighted by molar-refractivity contribution is -0.148. The summed E-state index contributed by atoms with van der Waals surface area (Å²) in [7, 11) is 2.71. The predicted octanol–water partition coefficient (Wildman–Crippen LogP) is 2.86. The van der Waals surface area contributed by atoms with E-state index in [1.54, 1.807) is 43.3 Å². The zero-order valence-corrected chi connectivity index (χ0v) is 18.1. The number of para-hydroxylation sites is 1. The van der Waals surface area contributed by atoms with Gasteiger partial charge in [0.05, 0.1) is 24.4 Å². The topological polar surface area (TPSA) is 94.2 Å². The van der Waals surface area contributed by atoms with Crippen LogP contribution in [0.5, 0.6) is 11.5 Å². The number of halogens is 1. The van der Waals surface area contributed by atoms with Crippen LogP contribution in [0.25, 0.3) is 6.08 Å². The number of hydrazine groups is 1. The number of carbonyl (C=O) groups excluding carboxylic acids is 3. The Morgan fingerprint density at radius 1 is 1.17 bits per heavy atom. The second-order valence-electron chi connectivity index (χ2n) is 6.29. The molecule has 0 saturated carbocycles. The molecule has 1 atom stereocenters. The molecule has 0 spiro atoms. The first kappa shape index (κ1) is 21.4. The highest BCUT2D eigenvalue weighted by Gasteiger charge is 2.34. The van der Waals surface area contributed by atoms with Crippen LogP contribution in [0.3, 0.4) is 0 Å². The summed E-state index contributed by atoms with van der Waals surface area (Å²) in [5, 5.41) is 1.19. The molecule has 3 rings (SSSR count). The third-order valence-corrected chi connectivity index (χ3v) is 4.89. The Labute approximate surface area is 181 Å². The van der Waals surface area contributed by atoms with E-state index in [0.717, 1.165) is 0 Å². The molecule has 2 aromatic carbocycles. The summed E-state index contributed by atoms with van der Waals surface area (Å²) in [5.41, 5.74) is 3.61. The molecule has 0 bridgehead atoms. The van der Waals surface area contributed by atoms with Crippen molar-refractivity contribution in [3.8, 4) is 11.5 Å². The summed E-state index contributed by atoms with van der Waals surface area (Å²) >= 11 is 3.38. The molecule has 8 nitrogen and oxygen atoms in total. The van der Waals surface area contributed by atoms with Gasteiger partial charge >= 0.3 is 5.97 Å². The second-order valence-corrected chi connectivity index (χ2v) is 7.15. The van der Waals surface area contributed by atoms with Gasteiger partial charge in [0.15, 0.2) is 17.6 Å². The van der Waals surface area contributed by atoms with Crippen molar-refractivity contribution in [3.63, 3.8) is 0 Å². The summed E-state index contributed by atoms with van der Waals surface area (Å²) in [6.07, 6.45) is 0.604. The highest BCUT2D eigenvalue weighted by atomic mass is 79.9. The van der Waals surface area contributed by atoms with Gasteiger partial charge in [-0.15, -0.1) is 0 Å². The molecule has 0 aliphatic carbocycles. The Morgan fingerprint density at radius 2 is 1.87 bits per heavy atom. The minimum absolute atomic E-state index is 0.0237. The van der Waals surface area contributed by atoms with Gasteiger partial charge in [0, 0.05) is 0 Å². The number of rotatable bonds is 6. The largest absolute Gasteiger partial charge is 0.493 e. The van der Waals surface area contributed by atoms with Crippen LogP contribution >= 0.6 is 15.9 Å². The quantitative estimate of drug-likeness (QED) is 0.393. The molecule has 9 heteroatoms. The average molecular weight is 475 g/mol. The van der Waals surface area contributed by atoms with Crippen molar-refractivity contribution in [2.24, 2.45) is 0 Å². The molecule has 0 radical (unpaired) electrons. The molecule has 30 heavy (non-hydrogen) atoms. The first-order chi connectivity index (χ1) is 14.3. The van der Waals surface area contributed by atoms with Crippen LogP contribution in [0.4, 0.5) is 5.69 Å². The van der Waals surface area contributed by atoms with Crippen molar-refractivity contribution < 1.29 is 28.6 Å². The molecule has 1 heterocycles. The van der Waals surface area contributed by atoms with Crippen LogP contribution in [0.15, 0.2) is 52.5 Å². The van der Waals surface area contributed by atoms with Crippen LogP contribution in [0, 0.1) is 0 Å². The lowest BCUT2D eigenvalue weighted by atomic mass is 10.1. The smallest absolute Gasteiger partial charge is 0.346 e. The summed E-state index contributed by atoms with van der Waals surface area (Å²) in [6, 6.07) is 12.0. The van der Waals surface area contributed by atoms with E-state index in [0.29, 0.717) is 27.2 Å². The Morgan fingerprint density at radius 3 is 2.50 bits per heavy atom. The number of carbonyl (C=O) groups is 3. The lowest BCUT2D eigenvalue weighted by Crippen LogP contribution is -2.35. The van der Waals surface area contributed by atoms with Crippen LogP contribution in [-0.2, 0) is 19.1 Å². The number of methoxy groups -OCH3 is 2. The molecule has 156 valence electrons. The Kier molecular flexibility index (Phi) is 6.41. The van der Waals surface area contributed by atoms with E-state index >= 15 is 0 Å². The highest BCUT2D eigenvalue weighted by Crippen LogP contribution is 2.38. The number of nitrogens with zero attached hydrogens (tertiary/aromatic N) is 1. The first-order valence-electron chi connectivity index (χ1n) is 8.90. The number of hydrogen-bond acceptors (Lipinski definition) is 6. The minimum atomic E-state index is -0.856. The minimum Gasteiger partial charge on any atom is -0.493 e. The monoisotopic (exact) mass is 474 g/mol. The third kappa shape index (κ3) is 4.30. The maximum atomic E-state index is 12.7. The van der Waals surface area contributed by atoms with Crippen LogP contribution in [0.2, 0.25) is 0 Å². The highest BCUT2D eigenvalue weighted by molar-refractivity contribution is 9.10. The van der Waals surface area contributed by atoms with E-state index in [2.05, 4.69) is 26.1 Å². The number of anilines is 1. The zero-order valence-electron chi connectivity index (χ0n) is 16.5. The van der Waals surface area contributed by atoms with Gasteiger partial charge in [0.2, 0.25) is 0 Å². The molecule has 0 unspecified atom stereocenters. The number of hydrogen-bond donors (Lipinski definition) is 1. The number of esters is 1. The van der Waals surface area contributed by atoms with Crippen molar-refractivity contribution in [3.05, 3.63) is 58.1 Å². The molecular formula is C21H19BrN2O6. The lowest BCUT2D eigenvalue weighted by Gasteiger charge is -2.17. The fourth-order valence-corrected chi connectivity index (χ4v) is 3.36. The maximum Gasteiger partial charge on any atom is 0.346 e. The van der Waals surface area contributed by atoms with Crippen LogP contribution in [0.1, 0.15) is 12.5 Å². The van der Waals surface area contributed by atoms with E-state index in [9.17, 15) is 14.4 Å². The molecule has 2 aromatic rings. The van der Waals surface area contributed by atoms with Crippen molar-refractivity contribution >= 4 is 45.5 Å². The van der Waals surface area contributed by atoms with Gasteiger partial charge < -0.3 is 14.2 Å². The van der Waals surface area contributed by atoms with E-state index < -0.39 is 23.9 Å². The summed E-state index contributed by atoms with van der Waals surface area (Å²) < 4.78 is 16.1. The van der Waals surface area contributed by atoms with E-state index in [4.69, 9.17) is 9.47 Å². The Bertz CT molecular complexity index is 1020. The third-order valence-electron chi connectivity index (χ3n) is 4.30.